The van der Waals surface area contributed by atoms with Gasteiger partial charge in [0, 0.05) is 5.56 Å². The normalized spacial score (nSPS) is 18.5. The van der Waals surface area contributed by atoms with Gasteiger partial charge in [-0.15, -0.1) is 0 Å². The lowest BCUT2D eigenvalue weighted by molar-refractivity contribution is 0.363. The van der Waals surface area contributed by atoms with Gasteiger partial charge in [-0.05, 0) is 24.3 Å². The van der Waals surface area contributed by atoms with E-state index in [1.807, 2.05) is 0 Å². The Morgan fingerprint density at radius 2 is 1.83 bits per heavy atom. The first kappa shape index (κ1) is 16.5. The number of sulfone groups is 2. The fourth-order valence-electron chi connectivity index (χ4n) is 2.74. The highest BCUT2D eigenvalue weighted by Crippen LogP contribution is 2.45. The molecule has 3 rings (SSSR count). The molecule has 0 radical (unpaired) electrons. The summed E-state index contributed by atoms with van der Waals surface area (Å²) in [4.78, 5) is -0.00409. The number of rotatable bonds is 4. The predicted molar refractivity (Wildman–Crippen MR) is 86.0 cm³/mol. The number of nitrogens with zero attached hydrogens (tertiary/aromatic N) is 1. The van der Waals surface area contributed by atoms with Crippen molar-refractivity contribution >= 4 is 19.7 Å². The minimum Gasteiger partial charge on any atom is -0.478 e. The van der Waals surface area contributed by atoms with Crippen molar-refractivity contribution in [3.8, 4) is 11.8 Å². The van der Waals surface area contributed by atoms with Crippen molar-refractivity contribution in [3.63, 3.8) is 0 Å². The highest BCUT2D eigenvalue weighted by Gasteiger charge is 2.45. The number of hydrogen-bond donors (Lipinski definition) is 0. The van der Waals surface area contributed by atoms with Crippen LogP contribution in [0.25, 0.3) is 0 Å². The van der Waals surface area contributed by atoms with Gasteiger partial charge in [-0.25, -0.2) is 16.8 Å². The molecule has 0 saturated carbocycles. The quantitative estimate of drug-likeness (QED) is 0.822. The van der Waals surface area contributed by atoms with Crippen LogP contribution in [-0.4, -0.2) is 29.2 Å². The van der Waals surface area contributed by atoms with Crippen LogP contribution in [0.4, 0.5) is 0 Å². The van der Waals surface area contributed by atoms with Gasteiger partial charge in [-0.3, -0.25) is 0 Å². The molecule has 6 nitrogen and oxygen atoms in total. The van der Waals surface area contributed by atoms with Crippen molar-refractivity contribution in [1.82, 2.24) is 0 Å². The van der Waals surface area contributed by atoms with Gasteiger partial charge < -0.3 is 4.74 Å². The highest BCUT2D eigenvalue weighted by atomic mass is 32.2. The fourth-order valence-corrected chi connectivity index (χ4v) is 7.10. The molecule has 0 aromatic heterocycles. The molecule has 0 fully saturated rings. The molecule has 8 heteroatoms. The van der Waals surface area contributed by atoms with Crippen LogP contribution in [-0.2, 0) is 19.7 Å². The maximum absolute atomic E-state index is 12.9. The smallest absolute Gasteiger partial charge is 0.186 e. The Morgan fingerprint density at radius 1 is 1.12 bits per heavy atom. The van der Waals surface area contributed by atoms with Crippen molar-refractivity contribution in [1.29, 1.82) is 5.26 Å². The number of nitriles is 1. The van der Waals surface area contributed by atoms with Crippen LogP contribution in [0.3, 0.4) is 0 Å². The Hall–Kier alpha value is -2.37. The molecule has 0 bridgehead atoms. The first-order chi connectivity index (χ1) is 11.4. The molecule has 1 aliphatic heterocycles. The first-order valence-electron chi connectivity index (χ1n) is 7.02. The van der Waals surface area contributed by atoms with Crippen LogP contribution >= 0.6 is 0 Å². The molecular formula is C16H13NO5S2. The van der Waals surface area contributed by atoms with E-state index in [1.54, 1.807) is 24.3 Å². The van der Waals surface area contributed by atoms with Crippen LogP contribution in [0.1, 0.15) is 10.8 Å². The molecule has 124 valence electrons. The van der Waals surface area contributed by atoms with Crippen LogP contribution in [0.15, 0.2) is 58.3 Å². The van der Waals surface area contributed by atoms with E-state index < -0.39 is 30.7 Å². The maximum atomic E-state index is 12.9. The van der Waals surface area contributed by atoms with Gasteiger partial charge in [0.05, 0.1) is 15.5 Å². The molecule has 1 atom stereocenters. The second-order valence-electron chi connectivity index (χ2n) is 5.24. The van der Waals surface area contributed by atoms with Gasteiger partial charge in [-0.2, -0.15) is 5.26 Å². The Bertz CT molecular complexity index is 1020. The van der Waals surface area contributed by atoms with E-state index in [4.69, 9.17) is 10.00 Å². The monoisotopic (exact) mass is 363 g/mol. The minimum atomic E-state index is -3.91. The molecule has 24 heavy (non-hydrogen) atoms. The van der Waals surface area contributed by atoms with Gasteiger partial charge in [0.15, 0.2) is 26.3 Å². The molecule has 0 N–H and O–H groups in total. The molecule has 0 spiro atoms. The van der Waals surface area contributed by atoms with Crippen molar-refractivity contribution in [2.45, 2.75) is 15.0 Å². The summed E-state index contributed by atoms with van der Waals surface area (Å²) in [5.41, 5.74) is 0.108. The third kappa shape index (κ3) is 2.66. The second kappa shape index (κ2) is 5.92. The fraction of sp³-hybridized carbons (Fsp3) is 0.188. The largest absolute Gasteiger partial charge is 0.478 e. The van der Waals surface area contributed by atoms with Gasteiger partial charge in [-0.1, -0.05) is 24.3 Å². The second-order valence-corrected chi connectivity index (χ2v) is 9.38. The summed E-state index contributed by atoms with van der Waals surface area (Å²) < 4.78 is 55.9. The topological polar surface area (TPSA) is 101 Å². The molecule has 0 saturated heterocycles. The van der Waals surface area contributed by atoms with Gasteiger partial charge in [0.1, 0.15) is 17.1 Å². The standard InChI is InChI=1S/C16H13NO5S2/c17-9-10-22-13-7-4-8-14-16(13)15(11-23(14,18)19)24(20,21)12-5-2-1-3-6-12/h1-8,15H,10-11H2. The zero-order valence-electron chi connectivity index (χ0n) is 12.4. The Balaban J connectivity index is 2.20. The lowest BCUT2D eigenvalue weighted by Crippen LogP contribution is -2.16. The van der Waals surface area contributed by atoms with Crippen LogP contribution < -0.4 is 4.74 Å². The maximum Gasteiger partial charge on any atom is 0.186 e. The van der Waals surface area contributed by atoms with E-state index >= 15 is 0 Å². The van der Waals surface area contributed by atoms with Gasteiger partial charge in [0.2, 0.25) is 0 Å². The van der Waals surface area contributed by atoms with Crippen molar-refractivity contribution < 1.29 is 21.6 Å². The SMILES string of the molecule is N#CCOc1cccc2c1C(S(=O)(=O)c1ccccc1)CS2(=O)=O. The lowest BCUT2D eigenvalue weighted by Gasteiger charge is -2.15. The number of hydrogen-bond acceptors (Lipinski definition) is 6. The summed E-state index contributed by atoms with van der Waals surface area (Å²) in [5, 5.41) is 7.42. The summed E-state index contributed by atoms with van der Waals surface area (Å²) in [6.45, 7) is -0.297. The molecule has 0 aliphatic carbocycles. The van der Waals surface area contributed by atoms with E-state index in [0.717, 1.165) is 0 Å². The predicted octanol–water partition coefficient (Wildman–Crippen LogP) is 1.89. The average molecular weight is 363 g/mol. The summed E-state index contributed by atoms with van der Waals surface area (Å²) in [5.74, 6) is -0.424. The Morgan fingerprint density at radius 3 is 2.50 bits per heavy atom. The lowest BCUT2D eigenvalue weighted by atomic mass is 10.1. The third-order valence-electron chi connectivity index (χ3n) is 3.79. The van der Waals surface area contributed by atoms with E-state index in [-0.39, 0.29) is 27.7 Å². The molecule has 2 aromatic rings. The summed E-state index contributed by atoms with van der Waals surface area (Å²) in [6, 6.07) is 13.8. The van der Waals surface area contributed by atoms with Crippen molar-refractivity contribution in [2.75, 3.05) is 12.4 Å². The highest BCUT2D eigenvalue weighted by molar-refractivity contribution is 7.96. The van der Waals surface area contributed by atoms with Crippen molar-refractivity contribution in [3.05, 3.63) is 54.1 Å². The summed E-state index contributed by atoms with van der Waals surface area (Å²) in [6.07, 6.45) is 0. The molecular weight excluding hydrogens is 350 g/mol. The zero-order chi connectivity index (χ0) is 17.4. The van der Waals surface area contributed by atoms with Crippen molar-refractivity contribution in [2.24, 2.45) is 0 Å². The first-order valence-corrected chi connectivity index (χ1v) is 10.2. The van der Waals surface area contributed by atoms with E-state index in [0.29, 0.717) is 0 Å². The van der Waals surface area contributed by atoms with E-state index in [2.05, 4.69) is 0 Å². The zero-order valence-corrected chi connectivity index (χ0v) is 14.0. The number of benzene rings is 2. The minimum absolute atomic E-state index is 0.0492. The van der Waals surface area contributed by atoms with Crippen LogP contribution in [0, 0.1) is 11.3 Å². The molecule has 1 heterocycles. The van der Waals surface area contributed by atoms with Crippen LogP contribution in [0.2, 0.25) is 0 Å². The number of ether oxygens (including phenoxy) is 1. The van der Waals surface area contributed by atoms with E-state index in [9.17, 15) is 16.8 Å². The third-order valence-corrected chi connectivity index (χ3v) is 7.88. The summed E-state index contributed by atoms with van der Waals surface area (Å²) >= 11 is 0. The Kier molecular flexibility index (Phi) is 4.07. The molecule has 2 aromatic carbocycles. The van der Waals surface area contributed by atoms with Crippen LogP contribution in [0.5, 0.6) is 5.75 Å². The molecule has 0 amide bonds. The summed E-state index contributed by atoms with van der Waals surface area (Å²) in [7, 11) is -7.65. The number of fused-ring (bicyclic) bond motifs is 1. The molecule has 1 aliphatic rings. The van der Waals surface area contributed by atoms with E-state index in [1.165, 1.54) is 30.3 Å². The van der Waals surface area contributed by atoms with Gasteiger partial charge >= 0.3 is 0 Å². The Labute approximate surface area is 140 Å². The molecule has 1 unspecified atom stereocenters. The average Bonchev–Trinajstić information content (AvgIpc) is 2.86. The van der Waals surface area contributed by atoms with Gasteiger partial charge in [0.25, 0.3) is 0 Å².